The van der Waals surface area contributed by atoms with Crippen molar-refractivity contribution in [3.8, 4) is 23.0 Å². The summed E-state index contributed by atoms with van der Waals surface area (Å²) in [5.41, 5.74) is 5.90. The summed E-state index contributed by atoms with van der Waals surface area (Å²) in [4.78, 5) is 21.5. The second kappa shape index (κ2) is 9.74. The summed E-state index contributed by atoms with van der Waals surface area (Å²) in [7, 11) is 1.98. The van der Waals surface area contributed by atoms with Gasteiger partial charge in [0.05, 0.1) is 23.7 Å². The lowest BCUT2D eigenvalue weighted by Gasteiger charge is -2.60. The molecule has 0 radical (unpaired) electrons. The minimum absolute atomic E-state index is 0.0102. The molecule has 1 fully saturated rings. The smallest absolute Gasteiger partial charge is 0.254 e. The zero-order valence-electron chi connectivity index (χ0n) is 23.8. The summed E-state index contributed by atoms with van der Waals surface area (Å²) in [5.74, 6) is 0.960. The maximum atomic E-state index is 13.3. The molecular formula is C31H33ClN4O6. The summed E-state index contributed by atoms with van der Waals surface area (Å²) in [6.07, 6.45) is 1.55. The number of nitrogens with one attached hydrogen (secondary N) is 1. The van der Waals surface area contributed by atoms with Crippen molar-refractivity contribution >= 4 is 17.5 Å². The molecule has 7 rings (SSSR count). The highest BCUT2D eigenvalue weighted by Crippen LogP contribution is 2.57. The number of amides is 1. The van der Waals surface area contributed by atoms with Gasteiger partial charge < -0.3 is 30.1 Å². The highest BCUT2D eigenvalue weighted by molar-refractivity contribution is 6.32. The Bertz CT molecular complexity index is 1650. The molecule has 1 amide bonds. The Morgan fingerprint density at radius 2 is 1.86 bits per heavy atom. The molecule has 2 bridgehead atoms. The fourth-order valence-electron chi connectivity index (χ4n) is 7.56. The van der Waals surface area contributed by atoms with Gasteiger partial charge in [0.25, 0.3) is 5.91 Å². The van der Waals surface area contributed by atoms with Gasteiger partial charge in [0, 0.05) is 41.0 Å². The zero-order valence-corrected chi connectivity index (χ0v) is 24.6. The number of benzene rings is 2. The van der Waals surface area contributed by atoms with Gasteiger partial charge in [-0.3, -0.25) is 14.6 Å². The number of halogens is 1. The van der Waals surface area contributed by atoms with Crippen molar-refractivity contribution in [2.24, 2.45) is 0 Å². The standard InChI is InChI=1S/C31H33ClN4O6/c1-13-8-16-9-20-31(40)36-19(24(35(20)4)22(16)26(38)14(13)2)10-18-23(28-27(41-12-42-28)15(3)25(18)37)21(36)11-34-30(39)17-6-5-7-33-29(17)32/h5-8,19-21,24,31,37-38,40H,9-12H2,1-4H3,(H,34,39)/t19?,20-,21-,24-,31-/m0/s1. The Kier molecular flexibility index (Phi) is 6.32. The van der Waals surface area contributed by atoms with Gasteiger partial charge in [0.2, 0.25) is 6.79 Å². The summed E-state index contributed by atoms with van der Waals surface area (Å²) < 4.78 is 11.7. The summed E-state index contributed by atoms with van der Waals surface area (Å²) >= 11 is 6.22. The van der Waals surface area contributed by atoms with Crippen LogP contribution in [-0.2, 0) is 12.8 Å². The van der Waals surface area contributed by atoms with Crippen LogP contribution in [0, 0.1) is 20.8 Å². The van der Waals surface area contributed by atoms with E-state index in [1.807, 2.05) is 25.8 Å². The SMILES string of the molecule is Cc1cc2c(c(O)c1C)[C@@H]1C3Cc4c(O)c(C)c5c(c4[C@H](CNC(=O)c4cccnc4Cl)N3[C@@H](O)[C@H](C2)N1C)OCO5. The maximum absolute atomic E-state index is 13.3. The number of likely N-dealkylation sites (N-methyl/N-ethyl adjacent to an activating group) is 1. The monoisotopic (exact) mass is 592 g/mol. The van der Waals surface area contributed by atoms with E-state index in [0.717, 1.165) is 22.3 Å². The molecule has 5 atom stereocenters. The number of phenolic OH excluding ortho intramolecular Hbond substituents is 2. The number of aliphatic hydroxyl groups is 1. The Labute approximate surface area is 248 Å². The number of nitrogens with zero attached hydrogens (tertiary/aromatic N) is 3. The lowest BCUT2D eigenvalue weighted by atomic mass is 9.73. The molecule has 2 aromatic carbocycles. The summed E-state index contributed by atoms with van der Waals surface area (Å²) in [5, 5.41) is 38.1. The van der Waals surface area contributed by atoms with Gasteiger partial charge in [-0.1, -0.05) is 17.7 Å². The summed E-state index contributed by atoms with van der Waals surface area (Å²) in [6, 6.07) is 3.91. The molecule has 0 spiro atoms. The molecule has 0 aliphatic carbocycles. The first-order chi connectivity index (χ1) is 20.1. The number of ether oxygens (including phenoxy) is 2. The van der Waals surface area contributed by atoms with Crippen molar-refractivity contribution in [2.45, 2.75) is 64.0 Å². The van der Waals surface area contributed by atoms with Crippen LogP contribution in [0.2, 0.25) is 5.15 Å². The van der Waals surface area contributed by atoms with Crippen LogP contribution in [0.4, 0.5) is 0 Å². The van der Waals surface area contributed by atoms with Gasteiger partial charge in [0.1, 0.15) is 22.9 Å². The molecule has 1 aromatic heterocycles. The minimum Gasteiger partial charge on any atom is -0.507 e. The molecular weight excluding hydrogens is 560 g/mol. The van der Waals surface area contributed by atoms with Crippen molar-refractivity contribution < 1.29 is 29.6 Å². The molecule has 0 saturated carbocycles. The largest absolute Gasteiger partial charge is 0.507 e. The van der Waals surface area contributed by atoms with Crippen LogP contribution in [-0.4, -0.2) is 74.7 Å². The number of aromatic hydroxyl groups is 2. The average Bonchev–Trinajstić information content (AvgIpc) is 3.46. The van der Waals surface area contributed by atoms with Crippen LogP contribution in [0.5, 0.6) is 23.0 Å². The highest BCUT2D eigenvalue weighted by atomic mass is 35.5. The Morgan fingerprint density at radius 1 is 1.10 bits per heavy atom. The topological polar surface area (TPSA) is 128 Å². The van der Waals surface area contributed by atoms with Gasteiger partial charge in [0.15, 0.2) is 11.5 Å². The lowest BCUT2D eigenvalue weighted by Crippen LogP contribution is -2.69. The van der Waals surface area contributed by atoms with Gasteiger partial charge in [-0.15, -0.1) is 0 Å². The van der Waals surface area contributed by atoms with E-state index in [9.17, 15) is 20.1 Å². The summed E-state index contributed by atoms with van der Waals surface area (Å²) in [6.45, 7) is 5.80. The van der Waals surface area contributed by atoms with Gasteiger partial charge in [-0.05, 0) is 69.5 Å². The van der Waals surface area contributed by atoms with E-state index < -0.39 is 18.2 Å². The van der Waals surface area contributed by atoms with Crippen LogP contribution < -0.4 is 14.8 Å². The highest BCUT2D eigenvalue weighted by Gasteiger charge is 2.56. The van der Waals surface area contributed by atoms with Crippen LogP contribution in [0.15, 0.2) is 24.4 Å². The van der Waals surface area contributed by atoms with Crippen LogP contribution >= 0.6 is 11.6 Å². The fraction of sp³-hybridized carbons (Fsp3) is 0.419. The van der Waals surface area contributed by atoms with Crippen molar-refractivity contribution in [3.63, 3.8) is 0 Å². The Balaban J connectivity index is 1.38. The maximum Gasteiger partial charge on any atom is 0.254 e. The van der Waals surface area contributed by atoms with Crippen molar-refractivity contribution in [1.29, 1.82) is 0 Å². The molecule has 4 aliphatic rings. The Hall–Kier alpha value is -3.57. The average molecular weight is 593 g/mol. The van der Waals surface area contributed by atoms with Crippen molar-refractivity contribution in [1.82, 2.24) is 20.1 Å². The number of piperazine rings is 1. The molecule has 4 aliphatic heterocycles. The van der Waals surface area contributed by atoms with Crippen molar-refractivity contribution in [3.05, 3.63) is 74.1 Å². The van der Waals surface area contributed by atoms with Crippen molar-refractivity contribution in [2.75, 3.05) is 20.4 Å². The normalized spacial score (nSPS) is 25.9. The molecule has 1 saturated heterocycles. The van der Waals surface area contributed by atoms with E-state index >= 15 is 0 Å². The van der Waals surface area contributed by atoms with Gasteiger partial charge >= 0.3 is 0 Å². The number of hydrogen-bond acceptors (Lipinski definition) is 9. The lowest BCUT2D eigenvalue weighted by molar-refractivity contribution is -0.171. The van der Waals surface area contributed by atoms with E-state index in [1.165, 1.54) is 6.20 Å². The van der Waals surface area contributed by atoms with E-state index in [0.29, 0.717) is 41.0 Å². The van der Waals surface area contributed by atoms with Gasteiger partial charge in [-0.25, -0.2) is 4.98 Å². The van der Waals surface area contributed by atoms with Gasteiger partial charge in [-0.2, -0.15) is 0 Å². The molecule has 1 unspecified atom stereocenters. The number of fused-ring (bicyclic) bond motifs is 9. The Morgan fingerprint density at radius 3 is 2.62 bits per heavy atom. The number of rotatable bonds is 3. The van der Waals surface area contributed by atoms with Crippen LogP contribution in [0.1, 0.15) is 61.4 Å². The molecule has 10 nitrogen and oxygen atoms in total. The number of carbonyl (C=O) groups excluding carboxylic acids is 1. The molecule has 220 valence electrons. The first-order valence-corrected chi connectivity index (χ1v) is 14.5. The second-order valence-electron chi connectivity index (χ2n) is 11.8. The second-order valence-corrected chi connectivity index (χ2v) is 12.1. The zero-order chi connectivity index (χ0) is 29.6. The number of phenols is 2. The van der Waals surface area contributed by atoms with Crippen LogP contribution in [0.25, 0.3) is 0 Å². The number of carbonyl (C=O) groups is 1. The predicted molar refractivity (Wildman–Crippen MR) is 154 cm³/mol. The molecule has 11 heteroatoms. The molecule has 42 heavy (non-hydrogen) atoms. The third-order valence-corrected chi connectivity index (χ3v) is 10.1. The van der Waals surface area contributed by atoms with Crippen LogP contribution in [0.3, 0.4) is 0 Å². The number of aryl methyl sites for hydroxylation is 1. The van der Waals surface area contributed by atoms with E-state index in [1.54, 1.807) is 19.1 Å². The third-order valence-electron chi connectivity index (χ3n) is 9.75. The fourth-order valence-corrected chi connectivity index (χ4v) is 7.76. The number of aliphatic hydroxyl groups excluding tert-OH is 1. The third kappa shape index (κ3) is 3.75. The van der Waals surface area contributed by atoms with E-state index in [-0.39, 0.29) is 53.7 Å². The first kappa shape index (κ1) is 27.3. The molecule has 4 N–H and O–H groups in total. The first-order valence-electron chi connectivity index (χ1n) is 14.1. The van der Waals surface area contributed by atoms with E-state index in [4.69, 9.17) is 21.1 Å². The number of hydrogen-bond donors (Lipinski definition) is 4. The molecule has 3 aromatic rings. The number of aromatic nitrogens is 1. The number of pyridine rings is 1. The quantitative estimate of drug-likeness (QED) is 0.338. The predicted octanol–water partition coefficient (Wildman–Crippen LogP) is 3.43. The molecule has 5 heterocycles. The van der Waals surface area contributed by atoms with E-state index in [2.05, 4.69) is 21.3 Å². The minimum atomic E-state index is -0.911.